The van der Waals surface area contributed by atoms with Gasteiger partial charge in [0.05, 0.1) is 5.92 Å². The van der Waals surface area contributed by atoms with Crippen LogP contribution in [0.15, 0.2) is 0 Å². The molecule has 1 saturated carbocycles. The molecule has 2 fully saturated rings. The van der Waals surface area contributed by atoms with E-state index in [9.17, 15) is 4.79 Å². The van der Waals surface area contributed by atoms with Gasteiger partial charge in [0.2, 0.25) is 5.91 Å². The molecule has 5 heteroatoms. The Morgan fingerprint density at radius 2 is 2.10 bits per heavy atom. The molecule has 1 amide bonds. The zero-order valence-corrected chi connectivity index (χ0v) is 13.4. The molecule has 2 aliphatic rings. The first kappa shape index (κ1) is 17.7. The Morgan fingerprint density at radius 1 is 1.35 bits per heavy atom. The summed E-state index contributed by atoms with van der Waals surface area (Å²) in [5, 5.41) is 6.52. The number of nitrogens with one attached hydrogen (secondary N) is 2. The van der Waals surface area contributed by atoms with Gasteiger partial charge in [0.25, 0.3) is 0 Å². The summed E-state index contributed by atoms with van der Waals surface area (Å²) in [6, 6.07) is 0. The molecule has 0 bridgehead atoms. The third-order valence-corrected chi connectivity index (χ3v) is 4.81. The van der Waals surface area contributed by atoms with Gasteiger partial charge in [0, 0.05) is 26.8 Å². The van der Waals surface area contributed by atoms with Crippen molar-refractivity contribution >= 4 is 18.3 Å². The van der Waals surface area contributed by atoms with Crippen LogP contribution in [0.1, 0.15) is 44.9 Å². The predicted octanol–water partition coefficient (Wildman–Crippen LogP) is 2.12. The Hall–Kier alpha value is -0.320. The number of hydrogen-bond donors (Lipinski definition) is 2. The van der Waals surface area contributed by atoms with Gasteiger partial charge in [-0.05, 0) is 44.1 Å². The molecular weight excluding hydrogens is 276 g/mol. The van der Waals surface area contributed by atoms with Crippen molar-refractivity contribution in [2.24, 2.45) is 11.3 Å². The van der Waals surface area contributed by atoms with Gasteiger partial charge in [-0.3, -0.25) is 4.79 Å². The molecule has 1 saturated heterocycles. The van der Waals surface area contributed by atoms with Crippen LogP contribution in [-0.4, -0.2) is 39.3 Å². The highest BCUT2D eigenvalue weighted by Gasteiger charge is 2.34. The van der Waals surface area contributed by atoms with Gasteiger partial charge in [0.15, 0.2) is 0 Å². The molecule has 2 rings (SSSR count). The van der Waals surface area contributed by atoms with E-state index in [1.165, 1.54) is 25.7 Å². The van der Waals surface area contributed by atoms with Gasteiger partial charge in [-0.25, -0.2) is 0 Å². The molecule has 1 atom stereocenters. The fourth-order valence-corrected chi connectivity index (χ4v) is 3.45. The number of methoxy groups -OCH3 is 1. The van der Waals surface area contributed by atoms with Crippen molar-refractivity contribution in [3.05, 3.63) is 0 Å². The van der Waals surface area contributed by atoms with E-state index in [0.29, 0.717) is 5.41 Å². The van der Waals surface area contributed by atoms with Crippen LogP contribution in [0.5, 0.6) is 0 Å². The maximum Gasteiger partial charge on any atom is 0.224 e. The van der Waals surface area contributed by atoms with Crippen LogP contribution in [0.3, 0.4) is 0 Å². The largest absolute Gasteiger partial charge is 0.385 e. The summed E-state index contributed by atoms with van der Waals surface area (Å²) in [5.74, 6) is 0.422. The fraction of sp³-hybridized carbons (Fsp3) is 0.933. The van der Waals surface area contributed by atoms with Crippen molar-refractivity contribution in [1.82, 2.24) is 10.6 Å². The number of halogens is 1. The van der Waals surface area contributed by atoms with Crippen LogP contribution in [0.2, 0.25) is 0 Å². The van der Waals surface area contributed by atoms with Gasteiger partial charge < -0.3 is 15.4 Å². The van der Waals surface area contributed by atoms with Gasteiger partial charge in [-0.1, -0.05) is 12.8 Å². The molecule has 1 aliphatic carbocycles. The van der Waals surface area contributed by atoms with Gasteiger partial charge in [0.1, 0.15) is 0 Å². The summed E-state index contributed by atoms with van der Waals surface area (Å²) in [5.41, 5.74) is 0.299. The molecule has 118 valence electrons. The Bertz CT molecular complexity index is 288. The zero-order chi connectivity index (χ0) is 13.6. The molecule has 0 spiro atoms. The topological polar surface area (TPSA) is 50.4 Å². The summed E-state index contributed by atoms with van der Waals surface area (Å²) in [4.78, 5) is 12.2. The van der Waals surface area contributed by atoms with Crippen LogP contribution in [0.4, 0.5) is 0 Å². The van der Waals surface area contributed by atoms with Crippen LogP contribution in [0.25, 0.3) is 0 Å². The normalized spacial score (nSPS) is 24.9. The van der Waals surface area contributed by atoms with Crippen molar-refractivity contribution in [2.75, 3.05) is 33.4 Å². The second-order valence-corrected chi connectivity index (χ2v) is 6.21. The SMILES string of the molecule is COCCC1(CNC(=O)C2CCCNC2)CCCC1.Cl. The van der Waals surface area contributed by atoms with E-state index in [1.54, 1.807) is 7.11 Å². The fourth-order valence-electron chi connectivity index (χ4n) is 3.45. The van der Waals surface area contributed by atoms with Gasteiger partial charge in [-0.2, -0.15) is 0 Å². The Kier molecular flexibility index (Phi) is 7.85. The lowest BCUT2D eigenvalue weighted by Crippen LogP contribution is -2.44. The van der Waals surface area contributed by atoms with Crippen LogP contribution >= 0.6 is 12.4 Å². The maximum absolute atomic E-state index is 12.2. The maximum atomic E-state index is 12.2. The number of hydrogen-bond acceptors (Lipinski definition) is 3. The minimum Gasteiger partial charge on any atom is -0.385 e. The van der Waals surface area contributed by atoms with Crippen LogP contribution in [-0.2, 0) is 9.53 Å². The van der Waals surface area contributed by atoms with Crippen molar-refractivity contribution < 1.29 is 9.53 Å². The average molecular weight is 305 g/mol. The number of carbonyl (C=O) groups is 1. The molecule has 20 heavy (non-hydrogen) atoms. The summed E-state index contributed by atoms with van der Waals surface area (Å²) >= 11 is 0. The second-order valence-electron chi connectivity index (χ2n) is 6.21. The molecule has 0 radical (unpaired) electrons. The average Bonchev–Trinajstić information content (AvgIpc) is 2.93. The molecule has 0 aromatic rings. The van der Waals surface area contributed by atoms with Crippen molar-refractivity contribution in [2.45, 2.75) is 44.9 Å². The smallest absolute Gasteiger partial charge is 0.224 e. The first-order valence-corrected chi connectivity index (χ1v) is 7.73. The molecule has 2 N–H and O–H groups in total. The monoisotopic (exact) mass is 304 g/mol. The van der Waals surface area contributed by atoms with Gasteiger partial charge >= 0.3 is 0 Å². The Labute approximate surface area is 128 Å². The van der Waals surface area contributed by atoms with E-state index in [4.69, 9.17) is 4.74 Å². The van der Waals surface area contributed by atoms with E-state index in [2.05, 4.69) is 10.6 Å². The molecule has 0 aromatic carbocycles. The van der Waals surface area contributed by atoms with E-state index in [-0.39, 0.29) is 24.2 Å². The highest BCUT2D eigenvalue weighted by atomic mass is 35.5. The number of carbonyl (C=O) groups excluding carboxylic acids is 1. The molecule has 1 heterocycles. The quantitative estimate of drug-likeness (QED) is 0.790. The summed E-state index contributed by atoms with van der Waals surface area (Å²) in [7, 11) is 1.76. The minimum atomic E-state index is 0. The lowest BCUT2D eigenvalue weighted by molar-refractivity contribution is -0.126. The lowest BCUT2D eigenvalue weighted by Gasteiger charge is -2.30. The summed E-state index contributed by atoms with van der Waals surface area (Å²) in [6.07, 6.45) is 8.29. The Balaban J connectivity index is 0.00000200. The van der Waals surface area contributed by atoms with Crippen LogP contribution < -0.4 is 10.6 Å². The number of ether oxygens (including phenoxy) is 1. The summed E-state index contributed by atoms with van der Waals surface area (Å²) in [6.45, 7) is 3.55. The van der Waals surface area contributed by atoms with Gasteiger partial charge in [-0.15, -0.1) is 12.4 Å². The third kappa shape index (κ3) is 4.90. The zero-order valence-electron chi connectivity index (χ0n) is 12.6. The number of rotatable bonds is 6. The number of piperidine rings is 1. The molecule has 0 aromatic heterocycles. The standard InChI is InChI=1S/C15H28N2O2.ClH/c1-19-10-8-15(6-2-3-7-15)12-17-14(18)13-5-4-9-16-11-13;/h13,16H,2-12H2,1H3,(H,17,18);1H. The summed E-state index contributed by atoms with van der Waals surface area (Å²) < 4.78 is 5.23. The van der Waals surface area contributed by atoms with Crippen LogP contribution in [0, 0.1) is 11.3 Å². The molecular formula is C15H29ClN2O2. The van der Waals surface area contributed by atoms with Crippen molar-refractivity contribution in [1.29, 1.82) is 0 Å². The van der Waals surface area contributed by atoms with E-state index in [1.807, 2.05) is 0 Å². The first-order chi connectivity index (χ1) is 9.26. The molecule has 4 nitrogen and oxygen atoms in total. The lowest BCUT2D eigenvalue weighted by atomic mass is 9.82. The highest BCUT2D eigenvalue weighted by Crippen LogP contribution is 2.40. The molecule has 1 aliphatic heterocycles. The second kappa shape index (κ2) is 8.85. The van der Waals surface area contributed by atoms with E-state index >= 15 is 0 Å². The van der Waals surface area contributed by atoms with E-state index < -0.39 is 0 Å². The minimum absolute atomic E-state index is 0. The van der Waals surface area contributed by atoms with Crippen molar-refractivity contribution in [3.63, 3.8) is 0 Å². The highest BCUT2D eigenvalue weighted by molar-refractivity contribution is 5.85. The number of amides is 1. The third-order valence-electron chi connectivity index (χ3n) is 4.81. The van der Waals surface area contributed by atoms with E-state index in [0.717, 1.165) is 45.5 Å². The first-order valence-electron chi connectivity index (χ1n) is 7.73. The molecule has 1 unspecified atom stereocenters. The Morgan fingerprint density at radius 3 is 2.70 bits per heavy atom. The van der Waals surface area contributed by atoms with Crippen molar-refractivity contribution in [3.8, 4) is 0 Å². The predicted molar refractivity (Wildman–Crippen MR) is 83.2 cm³/mol.